The van der Waals surface area contributed by atoms with E-state index in [1.54, 1.807) is 0 Å². The Morgan fingerprint density at radius 2 is 0.722 bits per heavy atom. The van der Waals surface area contributed by atoms with Crippen molar-refractivity contribution in [2.45, 2.75) is 0 Å². The number of nitrogens with zero attached hydrogens (tertiary/aromatic N) is 4. The molecule has 15 rings (SSSR count). The van der Waals surface area contributed by atoms with Gasteiger partial charge in [-0.05, 0) is 122 Å². The van der Waals surface area contributed by atoms with Crippen molar-refractivity contribution in [1.29, 1.82) is 0 Å². The lowest BCUT2D eigenvalue weighted by Gasteiger charge is -2.12. The summed E-state index contributed by atoms with van der Waals surface area (Å²) in [4.78, 5) is 10.2. The first-order chi connectivity index (χ1) is 35.7. The summed E-state index contributed by atoms with van der Waals surface area (Å²) >= 11 is 0. The minimum absolute atomic E-state index is 0.703. The Hall–Kier alpha value is -9.64. The maximum absolute atomic E-state index is 5.18. The van der Waals surface area contributed by atoms with Crippen LogP contribution in [-0.2, 0) is 0 Å². The molecule has 0 aliphatic heterocycles. The Kier molecular flexibility index (Phi) is 8.92. The molecule has 0 saturated heterocycles. The zero-order valence-electron chi connectivity index (χ0n) is 39.0. The Labute approximate surface area is 416 Å². The number of rotatable bonds is 7. The van der Waals surface area contributed by atoms with E-state index in [1.807, 2.05) is 24.3 Å². The molecule has 0 atom stereocenters. The van der Waals surface area contributed by atoms with Gasteiger partial charge in [-0.25, -0.2) is 9.97 Å². The molecule has 0 saturated carbocycles. The standard InChI is InChI=1S/C68H42N4/c1-4-17-43(18-5-1)46-23-14-25-50(37-46)72-64-36-34-48(40-59(64)67-56-31-16-30-55-52-27-10-11-28-53(52)58(66(55)56)41-65(67)72)47-33-35-63-57(39-47)54-29-12-13-32-62(54)71(63)51-26-15-24-49(38-51)61-42-60(44-19-6-2-7-20-44)69-68(70-61)45-21-8-3-9-22-45/h1-42H. The van der Waals surface area contributed by atoms with Gasteiger partial charge in [0.25, 0.3) is 0 Å². The summed E-state index contributed by atoms with van der Waals surface area (Å²) in [6.45, 7) is 0. The van der Waals surface area contributed by atoms with E-state index in [-0.39, 0.29) is 0 Å². The van der Waals surface area contributed by atoms with E-state index in [0.717, 1.165) is 50.5 Å². The van der Waals surface area contributed by atoms with E-state index < -0.39 is 0 Å². The molecule has 3 heterocycles. The summed E-state index contributed by atoms with van der Waals surface area (Å²) in [6.07, 6.45) is 0. The number of benzene rings is 11. The zero-order chi connectivity index (χ0) is 47.3. The van der Waals surface area contributed by atoms with E-state index >= 15 is 0 Å². The smallest absolute Gasteiger partial charge is 0.160 e. The van der Waals surface area contributed by atoms with Crippen LogP contribution in [-0.4, -0.2) is 19.1 Å². The molecule has 0 fully saturated rings. The molecule has 1 aliphatic carbocycles. The summed E-state index contributed by atoms with van der Waals surface area (Å²) in [5.74, 6) is 0.703. The fraction of sp³-hybridized carbons (Fsp3) is 0. The van der Waals surface area contributed by atoms with E-state index in [9.17, 15) is 0 Å². The zero-order valence-corrected chi connectivity index (χ0v) is 39.0. The highest BCUT2D eigenvalue weighted by atomic mass is 15.0. The highest BCUT2D eigenvalue weighted by Gasteiger charge is 2.26. The molecule has 1 aliphatic rings. The summed E-state index contributed by atoms with van der Waals surface area (Å²) < 4.78 is 4.89. The highest BCUT2D eigenvalue weighted by molar-refractivity contribution is 6.29. The van der Waals surface area contributed by atoms with E-state index in [1.165, 1.54) is 87.9 Å². The number of hydrogen-bond acceptors (Lipinski definition) is 2. The molecule has 72 heavy (non-hydrogen) atoms. The van der Waals surface area contributed by atoms with Crippen molar-refractivity contribution in [2.24, 2.45) is 0 Å². The second kappa shape index (κ2) is 16.0. The van der Waals surface area contributed by atoms with E-state index in [4.69, 9.17) is 9.97 Å². The molecular formula is C68H42N4. The predicted molar refractivity (Wildman–Crippen MR) is 300 cm³/mol. The quantitative estimate of drug-likeness (QED) is 0.160. The topological polar surface area (TPSA) is 35.6 Å². The number of fused-ring (bicyclic) bond motifs is 10. The molecule has 0 N–H and O–H groups in total. The largest absolute Gasteiger partial charge is 0.309 e. The van der Waals surface area contributed by atoms with Gasteiger partial charge in [-0.1, -0.05) is 188 Å². The van der Waals surface area contributed by atoms with Gasteiger partial charge in [-0.3, -0.25) is 0 Å². The normalized spacial score (nSPS) is 11.9. The molecule has 0 unspecified atom stereocenters. The Balaban J connectivity index is 0.901. The maximum Gasteiger partial charge on any atom is 0.160 e. The van der Waals surface area contributed by atoms with Crippen LogP contribution in [0.4, 0.5) is 0 Å². The van der Waals surface area contributed by atoms with E-state index in [2.05, 4.69) is 240 Å². The van der Waals surface area contributed by atoms with Gasteiger partial charge in [0.05, 0.1) is 33.5 Å². The van der Waals surface area contributed by atoms with Crippen molar-refractivity contribution in [1.82, 2.24) is 19.1 Å². The summed E-state index contributed by atoms with van der Waals surface area (Å²) in [5, 5.41) is 7.54. The van der Waals surface area contributed by atoms with Gasteiger partial charge in [0, 0.05) is 49.6 Å². The SMILES string of the molecule is c1ccc(-c2cccc(-n3c4ccc(-c5ccc6c(c5)c5ccccc5n6-c5cccc(-c6cc(-c7ccccc7)nc(-c7ccccc7)n6)c5)cc4c4c5cccc6c5c(cc43)-c3ccccc3-6)c2)cc1. The van der Waals surface area contributed by atoms with E-state index in [0.29, 0.717) is 5.82 Å². The molecule has 334 valence electrons. The first-order valence-corrected chi connectivity index (χ1v) is 24.6. The Morgan fingerprint density at radius 3 is 1.46 bits per heavy atom. The first-order valence-electron chi connectivity index (χ1n) is 24.6. The van der Waals surface area contributed by atoms with Crippen molar-refractivity contribution in [3.8, 4) is 89.8 Å². The van der Waals surface area contributed by atoms with Crippen molar-refractivity contribution in [3.05, 3.63) is 255 Å². The van der Waals surface area contributed by atoms with Crippen molar-refractivity contribution in [3.63, 3.8) is 0 Å². The fourth-order valence-corrected chi connectivity index (χ4v) is 11.6. The van der Waals surface area contributed by atoms with Crippen LogP contribution in [0.1, 0.15) is 0 Å². The van der Waals surface area contributed by atoms with Gasteiger partial charge in [0.1, 0.15) is 0 Å². The van der Waals surface area contributed by atoms with Crippen LogP contribution in [0.5, 0.6) is 0 Å². The molecule has 4 nitrogen and oxygen atoms in total. The third kappa shape index (κ3) is 6.26. The van der Waals surface area contributed by atoms with Crippen LogP contribution in [0.3, 0.4) is 0 Å². The minimum atomic E-state index is 0.703. The van der Waals surface area contributed by atoms with Gasteiger partial charge in [-0.15, -0.1) is 0 Å². The third-order valence-electron chi connectivity index (χ3n) is 14.8. The van der Waals surface area contributed by atoms with Crippen molar-refractivity contribution < 1.29 is 0 Å². The second-order valence-corrected chi connectivity index (χ2v) is 18.9. The summed E-state index contributed by atoms with van der Waals surface area (Å²) in [5.41, 5.74) is 21.7. The Morgan fingerprint density at radius 1 is 0.236 bits per heavy atom. The first kappa shape index (κ1) is 40.3. The predicted octanol–water partition coefficient (Wildman–Crippen LogP) is 17.8. The average Bonchev–Trinajstić information content (AvgIpc) is 4.09. The van der Waals surface area contributed by atoms with Crippen LogP contribution in [0.15, 0.2) is 255 Å². The van der Waals surface area contributed by atoms with Crippen LogP contribution in [0.25, 0.3) is 144 Å². The number of para-hydroxylation sites is 1. The number of hydrogen-bond donors (Lipinski definition) is 0. The Bertz CT molecular complexity index is 4430. The summed E-state index contributed by atoms with van der Waals surface area (Å²) in [7, 11) is 0. The fourth-order valence-electron chi connectivity index (χ4n) is 11.6. The number of aromatic nitrogens is 4. The van der Waals surface area contributed by atoms with Crippen LogP contribution in [0, 0.1) is 0 Å². The van der Waals surface area contributed by atoms with Gasteiger partial charge in [0.15, 0.2) is 5.82 Å². The molecular weight excluding hydrogens is 873 g/mol. The molecule has 4 heteroatoms. The van der Waals surface area contributed by atoms with Gasteiger partial charge >= 0.3 is 0 Å². The van der Waals surface area contributed by atoms with Gasteiger partial charge in [-0.2, -0.15) is 0 Å². The molecule has 0 spiro atoms. The minimum Gasteiger partial charge on any atom is -0.309 e. The average molecular weight is 915 g/mol. The lowest BCUT2D eigenvalue weighted by molar-refractivity contribution is 1.16. The van der Waals surface area contributed by atoms with Crippen molar-refractivity contribution >= 4 is 54.4 Å². The molecule has 0 bridgehead atoms. The van der Waals surface area contributed by atoms with Crippen LogP contribution >= 0.6 is 0 Å². The van der Waals surface area contributed by atoms with Crippen molar-refractivity contribution in [2.75, 3.05) is 0 Å². The molecule has 0 radical (unpaired) electrons. The summed E-state index contributed by atoms with van der Waals surface area (Å²) in [6, 6.07) is 92.3. The lowest BCUT2D eigenvalue weighted by Crippen LogP contribution is -1.97. The molecule has 3 aromatic heterocycles. The molecule has 11 aromatic carbocycles. The highest BCUT2D eigenvalue weighted by Crippen LogP contribution is 2.51. The maximum atomic E-state index is 5.18. The van der Waals surface area contributed by atoms with Gasteiger partial charge in [0.2, 0.25) is 0 Å². The molecule has 14 aromatic rings. The third-order valence-corrected chi connectivity index (χ3v) is 14.8. The van der Waals surface area contributed by atoms with Gasteiger partial charge < -0.3 is 9.13 Å². The molecule has 0 amide bonds. The lowest BCUT2D eigenvalue weighted by atomic mass is 9.96. The second-order valence-electron chi connectivity index (χ2n) is 18.9. The monoisotopic (exact) mass is 914 g/mol. The van der Waals surface area contributed by atoms with Crippen LogP contribution in [0.2, 0.25) is 0 Å². The van der Waals surface area contributed by atoms with Crippen LogP contribution < -0.4 is 0 Å².